The van der Waals surface area contributed by atoms with Crippen LogP contribution in [-0.4, -0.2) is 41.8 Å². The zero-order valence-electron chi connectivity index (χ0n) is 13.6. The maximum atomic E-state index is 12.4. The van der Waals surface area contributed by atoms with Gasteiger partial charge in [0.2, 0.25) is 0 Å². The third-order valence-electron chi connectivity index (χ3n) is 4.22. The van der Waals surface area contributed by atoms with E-state index in [0.29, 0.717) is 18.6 Å². The van der Waals surface area contributed by atoms with Gasteiger partial charge in [0.15, 0.2) is 0 Å². The van der Waals surface area contributed by atoms with Crippen LogP contribution >= 0.6 is 15.9 Å². The number of benzene rings is 1. The van der Waals surface area contributed by atoms with Gasteiger partial charge in [-0.3, -0.25) is 0 Å². The second-order valence-electron chi connectivity index (χ2n) is 7.27. The molecular weight excluding hydrogens is 344 g/mol. The highest BCUT2D eigenvalue weighted by atomic mass is 79.9. The van der Waals surface area contributed by atoms with Gasteiger partial charge in [0, 0.05) is 29.3 Å². The van der Waals surface area contributed by atoms with Gasteiger partial charge in [0.05, 0.1) is 6.04 Å². The maximum Gasteiger partial charge on any atom is 0.410 e. The minimum absolute atomic E-state index is 0.198. The van der Waals surface area contributed by atoms with E-state index in [2.05, 4.69) is 46.0 Å². The van der Waals surface area contributed by atoms with E-state index in [1.54, 1.807) is 0 Å². The van der Waals surface area contributed by atoms with Crippen LogP contribution < -0.4 is 4.90 Å². The number of piperazine rings is 1. The highest BCUT2D eigenvalue weighted by molar-refractivity contribution is 9.10. The van der Waals surface area contributed by atoms with Crippen molar-refractivity contribution in [2.24, 2.45) is 0 Å². The molecule has 0 N–H and O–H groups in total. The fourth-order valence-electron chi connectivity index (χ4n) is 3.46. The summed E-state index contributed by atoms with van der Waals surface area (Å²) >= 11 is 3.56. The predicted octanol–water partition coefficient (Wildman–Crippen LogP) is 3.82. The Morgan fingerprint density at radius 3 is 2.73 bits per heavy atom. The van der Waals surface area contributed by atoms with Gasteiger partial charge in [-0.2, -0.15) is 0 Å². The average molecular weight is 367 g/mol. The number of halogens is 1. The fourth-order valence-corrected chi connectivity index (χ4v) is 3.81. The molecule has 120 valence electrons. The molecule has 5 heteroatoms. The van der Waals surface area contributed by atoms with Crippen LogP contribution in [-0.2, 0) is 11.2 Å². The van der Waals surface area contributed by atoms with Crippen molar-refractivity contribution < 1.29 is 9.53 Å². The number of hydrogen-bond donors (Lipinski definition) is 0. The molecular formula is C17H23BrN2O2. The molecule has 1 saturated heterocycles. The van der Waals surface area contributed by atoms with Gasteiger partial charge < -0.3 is 14.5 Å². The second kappa shape index (κ2) is 5.44. The van der Waals surface area contributed by atoms with Crippen molar-refractivity contribution in [1.29, 1.82) is 0 Å². The third-order valence-corrected chi connectivity index (χ3v) is 4.71. The lowest BCUT2D eigenvalue weighted by Crippen LogP contribution is -2.58. The molecule has 1 amide bonds. The number of rotatable bonds is 0. The highest BCUT2D eigenvalue weighted by Crippen LogP contribution is 2.38. The molecule has 0 aliphatic carbocycles. The first kappa shape index (κ1) is 15.7. The van der Waals surface area contributed by atoms with Gasteiger partial charge >= 0.3 is 6.09 Å². The lowest BCUT2D eigenvalue weighted by molar-refractivity contribution is 0.0192. The second-order valence-corrected chi connectivity index (χ2v) is 8.19. The summed E-state index contributed by atoms with van der Waals surface area (Å²) < 4.78 is 6.64. The summed E-state index contributed by atoms with van der Waals surface area (Å²) in [5, 5.41) is 0. The maximum absolute atomic E-state index is 12.4. The molecule has 1 aromatic rings. The Bertz CT molecular complexity index is 597. The predicted molar refractivity (Wildman–Crippen MR) is 91.4 cm³/mol. The Kier molecular flexibility index (Phi) is 3.87. The largest absolute Gasteiger partial charge is 0.444 e. The number of amides is 1. The van der Waals surface area contributed by atoms with Crippen LogP contribution in [0.2, 0.25) is 0 Å². The van der Waals surface area contributed by atoms with Crippen molar-refractivity contribution in [1.82, 2.24) is 4.90 Å². The van der Waals surface area contributed by atoms with Gasteiger partial charge in [0.1, 0.15) is 5.60 Å². The third kappa shape index (κ3) is 2.96. The van der Waals surface area contributed by atoms with E-state index in [-0.39, 0.29) is 6.09 Å². The Balaban J connectivity index is 1.78. The van der Waals surface area contributed by atoms with E-state index in [1.165, 1.54) is 11.3 Å². The van der Waals surface area contributed by atoms with Crippen molar-refractivity contribution in [3.05, 3.63) is 28.2 Å². The molecule has 0 saturated carbocycles. The quantitative estimate of drug-likeness (QED) is 0.699. The highest BCUT2D eigenvalue weighted by Gasteiger charge is 2.40. The van der Waals surface area contributed by atoms with Crippen molar-refractivity contribution in [2.45, 2.75) is 51.8 Å². The van der Waals surface area contributed by atoms with E-state index in [0.717, 1.165) is 17.4 Å². The first-order valence-corrected chi connectivity index (χ1v) is 8.58. The summed E-state index contributed by atoms with van der Waals surface area (Å²) in [7, 11) is 0. The van der Waals surface area contributed by atoms with Crippen LogP contribution in [0.15, 0.2) is 22.7 Å². The first-order valence-electron chi connectivity index (χ1n) is 7.79. The Morgan fingerprint density at radius 2 is 2.05 bits per heavy atom. The normalized spacial score (nSPS) is 24.0. The van der Waals surface area contributed by atoms with E-state index in [1.807, 2.05) is 25.7 Å². The Morgan fingerprint density at radius 1 is 1.32 bits per heavy atom. The number of carbonyl (C=O) groups excluding carboxylic acids is 1. The zero-order chi connectivity index (χ0) is 16.1. The lowest BCUT2D eigenvalue weighted by atomic mass is 10.1. The fraction of sp³-hybridized carbons (Fsp3) is 0.588. The molecule has 0 unspecified atom stereocenters. The number of hydrogen-bond acceptors (Lipinski definition) is 3. The van der Waals surface area contributed by atoms with Crippen molar-refractivity contribution in [3.8, 4) is 0 Å². The van der Waals surface area contributed by atoms with E-state index >= 15 is 0 Å². The number of fused-ring (bicyclic) bond motifs is 3. The molecule has 22 heavy (non-hydrogen) atoms. The van der Waals surface area contributed by atoms with Crippen LogP contribution in [0.4, 0.5) is 10.5 Å². The van der Waals surface area contributed by atoms with Gasteiger partial charge in [-0.05, 0) is 51.8 Å². The number of anilines is 1. The Hall–Kier alpha value is -1.23. The van der Waals surface area contributed by atoms with E-state index in [4.69, 9.17) is 4.74 Å². The van der Waals surface area contributed by atoms with Crippen LogP contribution in [0.1, 0.15) is 33.3 Å². The molecule has 2 heterocycles. The molecule has 1 fully saturated rings. The lowest BCUT2D eigenvalue weighted by Gasteiger charge is -2.43. The first-order chi connectivity index (χ1) is 10.2. The number of carbonyl (C=O) groups is 1. The van der Waals surface area contributed by atoms with Crippen LogP contribution in [0.3, 0.4) is 0 Å². The number of ether oxygens (including phenoxy) is 1. The summed E-state index contributed by atoms with van der Waals surface area (Å²) in [6.07, 6.45) is 0.794. The van der Waals surface area contributed by atoms with Crippen molar-refractivity contribution >= 4 is 27.7 Å². The van der Waals surface area contributed by atoms with E-state index in [9.17, 15) is 4.79 Å². The summed E-state index contributed by atoms with van der Waals surface area (Å²) in [5.74, 6) is 0. The average Bonchev–Trinajstić information content (AvgIpc) is 2.74. The minimum atomic E-state index is -0.443. The molecule has 1 aromatic carbocycles. The van der Waals surface area contributed by atoms with Crippen LogP contribution in [0, 0.1) is 0 Å². The molecule has 0 aromatic heterocycles. The molecule has 2 aliphatic rings. The summed E-state index contributed by atoms with van der Waals surface area (Å²) in [5.41, 5.74) is 2.22. The van der Waals surface area contributed by atoms with Gasteiger partial charge in [0.25, 0.3) is 0 Å². The molecule has 4 nitrogen and oxygen atoms in total. The summed E-state index contributed by atoms with van der Waals surface area (Å²) in [6, 6.07) is 7.10. The molecule has 3 rings (SSSR count). The van der Waals surface area contributed by atoms with Crippen LogP contribution in [0.25, 0.3) is 0 Å². The number of nitrogens with zero attached hydrogens (tertiary/aromatic N) is 2. The molecule has 0 spiro atoms. The van der Waals surface area contributed by atoms with Gasteiger partial charge in [-0.15, -0.1) is 0 Å². The SMILES string of the molecule is C[C@@H]1CN(C(=O)OC(C)(C)C)C[C@H]2Cc3ccc(Br)cc3N21. The Labute approximate surface area is 140 Å². The monoisotopic (exact) mass is 366 g/mol. The topological polar surface area (TPSA) is 32.8 Å². The molecule has 0 radical (unpaired) electrons. The van der Waals surface area contributed by atoms with Gasteiger partial charge in [-0.1, -0.05) is 22.0 Å². The van der Waals surface area contributed by atoms with Crippen molar-refractivity contribution in [2.75, 3.05) is 18.0 Å². The van der Waals surface area contributed by atoms with Crippen LogP contribution in [0.5, 0.6) is 0 Å². The molecule has 2 atom stereocenters. The summed E-state index contributed by atoms with van der Waals surface area (Å²) in [6.45, 7) is 9.34. The minimum Gasteiger partial charge on any atom is -0.444 e. The zero-order valence-corrected chi connectivity index (χ0v) is 15.2. The molecule has 2 aliphatic heterocycles. The smallest absolute Gasteiger partial charge is 0.410 e. The van der Waals surface area contributed by atoms with Gasteiger partial charge in [-0.25, -0.2) is 4.79 Å². The standard InChI is InChI=1S/C17H23BrN2O2/c1-11-9-19(16(21)22-17(2,3)4)10-14-7-12-5-6-13(18)8-15(12)20(11)14/h5-6,8,11,14H,7,9-10H2,1-4H3/t11-,14-/m1/s1. The van der Waals surface area contributed by atoms with E-state index < -0.39 is 5.60 Å². The molecule has 0 bridgehead atoms. The van der Waals surface area contributed by atoms with Crippen molar-refractivity contribution in [3.63, 3.8) is 0 Å². The summed E-state index contributed by atoms with van der Waals surface area (Å²) in [4.78, 5) is 16.7.